The molecule has 2 saturated heterocycles. The maximum absolute atomic E-state index is 13.4. The summed E-state index contributed by atoms with van der Waals surface area (Å²) >= 11 is 3.51. The standard InChI is InChI=1S/C26H31BrN2O2/c27-20-9-7-19(8-10-20)25-22-12-11-21(31-17-5-15-28-13-2-1-3-14-28)18-23(22)24-6-4-16-29(24)26(25)30/h7-12,18,24-25H,1-6,13-17H2/t24-,25-/m0/s1. The molecule has 0 bridgehead atoms. The molecule has 3 heterocycles. The van der Waals surface area contributed by atoms with Gasteiger partial charge in [-0.2, -0.15) is 0 Å². The largest absolute Gasteiger partial charge is 0.494 e. The molecule has 0 unspecified atom stereocenters. The van der Waals surface area contributed by atoms with E-state index in [0.717, 1.165) is 60.3 Å². The number of fused-ring (bicyclic) bond motifs is 3. The molecule has 2 atom stereocenters. The first-order valence-corrected chi connectivity index (χ1v) is 12.5. The molecule has 0 aliphatic carbocycles. The second-order valence-electron chi connectivity index (χ2n) is 9.07. The molecule has 0 radical (unpaired) electrons. The Kier molecular flexibility index (Phi) is 6.33. The van der Waals surface area contributed by atoms with Crippen LogP contribution in [0.3, 0.4) is 0 Å². The lowest BCUT2D eigenvalue weighted by atomic mass is 9.81. The first kappa shape index (κ1) is 21.0. The van der Waals surface area contributed by atoms with Crippen LogP contribution in [-0.2, 0) is 4.79 Å². The van der Waals surface area contributed by atoms with Gasteiger partial charge in [0.25, 0.3) is 0 Å². The van der Waals surface area contributed by atoms with Crippen molar-refractivity contribution in [1.82, 2.24) is 9.80 Å². The van der Waals surface area contributed by atoms with E-state index in [1.165, 1.54) is 37.9 Å². The monoisotopic (exact) mass is 482 g/mol. The fourth-order valence-corrected chi connectivity index (χ4v) is 5.75. The highest BCUT2D eigenvalue weighted by Crippen LogP contribution is 2.46. The Hall–Kier alpha value is -1.85. The summed E-state index contributed by atoms with van der Waals surface area (Å²) in [5.74, 6) is 0.964. The highest BCUT2D eigenvalue weighted by molar-refractivity contribution is 9.10. The number of nitrogens with zero attached hydrogens (tertiary/aromatic N) is 2. The highest BCUT2D eigenvalue weighted by Gasteiger charge is 2.42. The number of rotatable bonds is 6. The predicted octanol–water partition coefficient (Wildman–Crippen LogP) is 5.51. The summed E-state index contributed by atoms with van der Waals surface area (Å²) in [6.07, 6.45) is 7.23. The van der Waals surface area contributed by atoms with E-state index < -0.39 is 0 Å². The Morgan fingerprint density at radius 3 is 2.55 bits per heavy atom. The fraction of sp³-hybridized carbons (Fsp3) is 0.500. The topological polar surface area (TPSA) is 32.8 Å². The van der Waals surface area contributed by atoms with E-state index in [1.807, 2.05) is 12.1 Å². The number of hydrogen-bond donors (Lipinski definition) is 0. The van der Waals surface area contributed by atoms with Crippen molar-refractivity contribution in [2.24, 2.45) is 0 Å². The SMILES string of the molecule is O=C1[C@@H](c2ccc(Br)cc2)c2ccc(OCCCN3CCCCC3)cc2[C@@H]2CCCN12. The lowest BCUT2D eigenvalue weighted by Crippen LogP contribution is -2.40. The maximum Gasteiger partial charge on any atom is 0.235 e. The summed E-state index contributed by atoms with van der Waals surface area (Å²) in [6.45, 7) is 5.21. The Morgan fingerprint density at radius 2 is 1.74 bits per heavy atom. The Bertz CT molecular complexity index is 924. The Morgan fingerprint density at radius 1 is 0.935 bits per heavy atom. The Labute approximate surface area is 193 Å². The molecule has 5 rings (SSSR count). The Balaban J connectivity index is 1.33. The first-order chi connectivity index (χ1) is 15.2. The van der Waals surface area contributed by atoms with Crippen molar-refractivity contribution >= 4 is 21.8 Å². The van der Waals surface area contributed by atoms with Crippen LogP contribution >= 0.6 is 15.9 Å². The first-order valence-electron chi connectivity index (χ1n) is 11.8. The normalized spacial score (nSPS) is 23.5. The van der Waals surface area contributed by atoms with Crippen molar-refractivity contribution in [3.05, 3.63) is 63.6 Å². The average molecular weight is 483 g/mol. The molecule has 2 fully saturated rings. The number of likely N-dealkylation sites (tertiary alicyclic amines) is 1. The van der Waals surface area contributed by atoms with E-state index in [4.69, 9.17) is 4.74 Å². The van der Waals surface area contributed by atoms with Gasteiger partial charge in [0, 0.05) is 17.6 Å². The van der Waals surface area contributed by atoms with Crippen molar-refractivity contribution in [1.29, 1.82) is 0 Å². The van der Waals surface area contributed by atoms with Gasteiger partial charge in [-0.15, -0.1) is 0 Å². The van der Waals surface area contributed by atoms with Crippen LogP contribution in [0, 0.1) is 0 Å². The third-order valence-electron chi connectivity index (χ3n) is 7.05. The molecule has 0 aromatic heterocycles. The zero-order chi connectivity index (χ0) is 21.2. The van der Waals surface area contributed by atoms with Gasteiger partial charge in [0.1, 0.15) is 5.75 Å². The minimum atomic E-state index is -0.217. The number of piperidine rings is 1. The zero-order valence-electron chi connectivity index (χ0n) is 18.1. The molecule has 1 amide bonds. The highest BCUT2D eigenvalue weighted by atomic mass is 79.9. The van der Waals surface area contributed by atoms with Gasteiger partial charge in [-0.05, 0) is 86.1 Å². The molecule has 0 N–H and O–H groups in total. The van der Waals surface area contributed by atoms with Gasteiger partial charge in [-0.1, -0.05) is 40.5 Å². The van der Waals surface area contributed by atoms with Crippen molar-refractivity contribution in [2.75, 3.05) is 32.8 Å². The predicted molar refractivity (Wildman–Crippen MR) is 127 cm³/mol. The van der Waals surface area contributed by atoms with Crippen LogP contribution in [0.4, 0.5) is 0 Å². The van der Waals surface area contributed by atoms with E-state index in [-0.39, 0.29) is 17.9 Å². The van der Waals surface area contributed by atoms with Crippen LogP contribution in [0.2, 0.25) is 0 Å². The summed E-state index contributed by atoms with van der Waals surface area (Å²) in [4.78, 5) is 18.0. The summed E-state index contributed by atoms with van der Waals surface area (Å²) in [7, 11) is 0. The number of ether oxygens (including phenoxy) is 1. The van der Waals surface area contributed by atoms with E-state index in [0.29, 0.717) is 0 Å². The van der Waals surface area contributed by atoms with Crippen molar-refractivity contribution in [2.45, 2.75) is 50.5 Å². The smallest absolute Gasteiger partial charge is 0.235 e. The van der Waals surface area contributed by atoms with Crippen LogP contribution < -0.4 is 4.74 Å². The van der Waals surface area contributed by atoms with Crippen molar-refractivity contribution in [3.63, 3.8) is 0 Å². The molecule has 0 spiro atoms. The second kappa shape index (κ2) is 9.33. The minimum absolute atomic E-state index is 0.200. The van der Waals surface area contributed by atoms with Crippen LogP contribution in [-0.4, -0.2) is 48.5 Å². The van der Waals surface area contributed by atoms with Crippen LogP contribution in [0.15, 0.2) is 46.9 Å². The quantitative estimate of drug-likeness (QED) is 0.508. The third-order valence-corrected chi connectivity index (χ3v) is 7.58. The van der Waals surface area contributed by atoms with Gasteiger partial charge < -0.3 is 14.5 Å². The van der Waals surface area contributed by atoms with E-state index in [1.54, 1.807) is 0 Å². The number of hydrogen-bond acceptors (Lipinski definition) is 3. The summed E-state index contributed by atoms with van der Waals surface area (Å²) in [6, 6.07) is 14.8. The number of halogens is 1. The second-order valence-corrected chi connectivity index (χ2v) is 9.98. The van der Waals surface area contributed by atoms with Gasteiger partial charge in [-0.25, -0.2) is 0 Å². The average Bonchev–Trinajstić information content (AvgIpc) is 3.30. The lowest BCUT2D eigenvalue weighted by molar-refractivity contribution is -0.133. The molecule has 4 nitrogen and oxygen atoms in total. The molecular weight excluding hydrogens is 452 g/mol. The van der Waals surface area contributed by atoms with Crippen LogP contribution in [0.5, 0.6) is 5.75 Å². The summed E-state index contributed by atoms with van der Waals surface area (Å²) in [5.41, 5.74) is 3.49. The maximum atomic E-state index is 13.4. The number of amides is 1. The van der Waals surface area contributed by atoms with Crippen LogP contribution in [0.1, 0.15) is 67.2 Å². The van der Waals surface area contributed by atoms with Gasteiger partial charge in [0.2, 0.25) is 5.91 Å². The minimum Gasteiger partial charge on any atom is -0.494 e. The molecule has 3 aliphatic heterocycles. The van der Waals surface area contributed by atoms with Crippen molar-refractivity contribution in [3.8, 4) is 5.75 Å². The molecule has 2 aromatic carbocycles. The molecule has 0 saturated carbocycles. The molecule has 31 heavy (non-hydrogen) atoms. The van der Waals surface area contributed by atoms with Gasteiger partial charge >= 0.3 is 0 Å². The van der Waals surface area contributed by atoms with Gasteiger partial charge in [0.05, 0.1) is 18.6 Å². The number of carbonyl (C=O) groups is 1. The fourth-order valence-electron chi connectivity index (χ4n) is 5.49. The summed E-state index contributed by atoms with van der Waals surface area (Å²) < 4.78 is 7.19. The number of carbonyl (C=O) groups excluding carboxylic acids is 1. The lowest BCUT2D eigenvalue weighted by Gasteiger charge is -2.37. The molecular formula is C26H31BrN2O2. The molecule has 3 aliphatic rings. The molecule has 164 valence electrons. The van der Waals surface area contributed by atoms with E-state index >= 15 is 0 Å². The van der Waals surface area contributed by atoms with Gasteiger partial charge in [0.15, 0.2) is 0 Å². The van der Waals surface area contributed by atoms with Gasteiger partial charge in [-0.3, -0.25) is 4.79 Å². The number of benzene rings is 2. The summed E-state index contributed by atoms with van der Waals surface area (Å²) in [5, 5.41) is 0. The zero-order valence-corrected chi connectivity index (χ0v) is 19.6. The third kappa shape index (κ3) is 4.40. The van der Waals surface area contributed by atoms with E-state index in [2.05, 4.69) is 56.1 Å². The molecule has 5 heteroatoms. The van der Waals surface area contributed by atoms with E-state index in [9.17, 15) is 4.79 Å². The van der Waals surface area contributed by atoms with Crippen molar-refractivity contribution < 1.29 is 9.53 Å². The van der Waals surface area contributed by atoms with Crippen LogP contribution in [0.25, 0.3) is 0 Å². The molecule has 2 aromatic rings.